The molecule has 0 saturated heterocycles. The summed E-state index contributed by atoms with van der Waals surface area (Å²) < 4.78 is 1.97. The molecular formula is C29H38N6O. The normalized spacial score (nSPS) is 13.0. The maximum atomic E-state index is 13.3. The first-order valence-corrected chi connectivity index (χ1v) is 12.9. The molecule has 2 aromatic carbocycles. The number of H-pyrrole nitrogens is 1. The number of aryl methyl sites for hydroxylation is 2. The fourth-order valence-corrected chi connectivity index (χ4v) is 4.89. The zero-order valence-corrected chi connectivity index (χ0v) is 22.4. The van der Waals surface area contributed by atoms with Crippen LogP contribution in [0.25, 0.3) is 10.9 Å². The lowest BCUT2D eigenvalue weighted by Gasteiger charge is -2.33. The van der Waals surface area contributed by atoms with Gasteiger partial charge in [0.25, 0.3) is 5.56 Å². The molecule has 190 valence electrons. The van der Waals surface area contributed by atoms with Gasteiger partial charge >= 0.3 is 0 Å². The molecule has 1 atom stereocenters. The molecule has 0 fully saturated rings. The molecular weight excluding hydrogens is 448 g/mol. The van der Waals surface area contributed by atoms with Crippen LogP contribution in [0.5, 0.6) is 0 Å². The summed E-state index contributed by atoms with van der Waals surface area (Å²) in [5.41, 5.74) is 4.86. The predicted molar refractivity (Wildman–Crippen MR) is 145 cm³/mol. The maximum absolute atomic E-state index is 13.3. The smallest absolute Gasteiger partial charge is 0.252 e. The minimum Gasteiger partial charge on any atom is -0.321 e. The number of hydrogen-bond acceptors (Lipinski definition) is 5. The number of benzene rings is 2. The lowest BCUT2D eigenvalue weighted by Crippen LogP contribution is -2.36. The highest BCUT2D eigenvalue weighted by molar-refractivity contribution is 5.82. The van der Waals surface area contributed by atoms with Crippen LogP contribution in [0.3, 0.4) is 0 Å². The number of hydrogen-bond donors (Lipinski definition) is 1. The topological polar surface area (TPSA) is 79.7 Å². The van der Waals surface area contributed by atoms with Gasteiger partial charge in [-0.05, 0) is 79.6 Å². The third kappa shape index (κ3) is 5.41. The van der Waals surface area contributed by atoms with Gasteiger partial charge in [-0.3, -0.25) is 9.69 Å². The van der Waals surface area contributed by atoms with Crippen LogP contribution in [0.15, 0.2) is 53.3 Å². The van der Waals surface area contributed by atoms with E-state index in [0.29, 0.717) is 13.1 Å². The lowest BCUT2D eigenvalue weighted by molar-refractivity contribution is 0.145. The van der Waals surface area contributed by atoms with Crippen molar-refractivity contribution in [2.24, 2.45) is 0 Å². The average molecular weight is 487 g/mol. The first-order valence-electron chi connectivity index (χ1n) is 12.9. The summed E-state index contributed by atoms with van der Waals surface area (Å²) in [5, 5.41) is 14.1. The molecule has 0 unspecified atom stereocenters. The standard InChI is InChI=1S/C29H38N6O/c1-7-12-25(27-31-32-33-35(27)29(5,6)8-2)34(18-22-13-10-9-11-14-22)19-24-17-23-16-20(3)15-21(4)26(23)30-28(24)36/h9-11,13-17,25H,7-8,12,18-19H2,1-6H3,(H,30,36)/t25-/m1/s1. The zero-order chi connectivity index (χ0) is 25.9. The summed E-state index contributed by atoms with van der Waals surface area (Å²) in [4.78, 5) is 18.8. The summed E-state index contributed by atoms with van der Waals surface area (Å²) in [6.07, 6.45) is 2.77. The van der Waals surface area contributed by atoms with Crippen LogP contribution in [0.2, 0.25) is 0 Å². The molecule has 7 heteroatoms. The predicted octanol–water partition coefficient (Wildman–Crippen LogP) is 5.82. The van der Waals surface area contributed by atoms with Crippen molar-refractivity contribution < 1.29 is 0 Å². The second-order valence-electron chi connectivity index (χ2n) is 10.5. The Bertz CT molecular complexity index is 1370. The molecule has 36 heavy (non-hydrogen) atoms. The van der Waals surface area contributed by atoms with E-state index in [1.807, 2.05) is 23.7 Å². The van der Waals surface area contributed by atoms with E-state index >= 15 is 0 Å². The highest BCUT2D eigenvalue weighted by Crippen LogP contribution is 2.31. The quantitative estimate of drug-likeness (QED) is 0.305. The zero-order valence-electron chi connectivity index (χ0n) is 22.4. The molecule has 0 bridgehead atoms. The van der Waals surface area contributed by atoms with E-state index in [0.717, 1.165) is 47.1 Å². The van der Waals surface area contributed by atoms with Crippen LogP contribution in [-0.4, -0.2) is 30.1 Å². The van der Waals surface area contributed by atoms with E-state index in [1.54, 1.807) is 0 Å². The Morgan fingerprint density at radius 2 is 1.81 bits per heavy atom. The van der Waals surface area contributed by atoms with Crippen molar-refractivity contribution in [2.75, 3.05) is 0 Å². The summed E-state index contributed by atoms with van der Waals surface area (Å²) in [6, 6.07) is 16.7. The first-order chi connectivity index (χ1) is 17.2. The molecule has 0 spiro atoms. The molecule has 4 rings (SSSR count). The van der Waals surface area contributed by atoms with Gasteiger partial charge < -0.3 is 4.98 Å². The molecule has 2 aromatic heterocycles. The average Bonchev–Trinajstić information content (AvgIpc) is 3.34. The van der Waals surface area contributed by atoms with E-state index in [9.17, 15) is 4.79 Å². The Morgan fingerprint density at radius 1 is 1.06 bits per heavy atom. The van der Waals surface area contributed by atoms with Gasteiger partial charge in [0.1, 0.15) is 0 Å². The van der Waals surface area contributed by atoms with E-state index in [4.69, 9.17) is 0 Å². The van der Waals surface area contributed by atoms with Crippen molar-refractivity contribution in [3.05, 3.63) is 87.0 Å². The van der Waals surface area contributed by atoms with Crippen molar-refractivity contribution >= 4 is 10.9 Å². The van der Waals surface area contributed by atoms with Crippen LogP contribution in [0.1, 0.15) is 81.1 Å². The number of aromatic amines is 1. The van der Waals surface area contributed by atoms with Crippen LogP contribution < -0.4 is 5.56 Å². The molecule has 2 heterocycles. The largest absolute Gasteiger partial charge is 0.321 e. The van der Waals surface area contributed by atoms with Crippen molar-refractivity contribution in [3.8, 4) is 0 Å². The summed E-state index contributed by atoms with van der Waals surface area (Å²) in [6.45, 7) is 14.0. The van der Waals surface area contributed by atoms with E-state index in [2.05, 4.69) is 96.4 Å². The Balaban J connectivity index is 1.81. The molecule has 0 aliphatic heterocycles. The molecule has 0 aliphatic rings. The third-order valence-corrected chi connectivity index (χ3v) is 7.21. The lowest BCUT2D eigenvalue weighted by atomic mass is 10.00. The number of pyridine rings is 1. The molecule has 0 saturated carbocycles. The van der Waals surface area contributed by atoms with E-state index in [1.165, 1.54) is 11.1 Å². The number of tetrazole rings is 1. The Hall–Kier alpha value is -3.32. The Labute approximate surface area is 213 Å². The van der Waals surface area contributed by atoms with Gasteiger partial charge in [-0.2, -0.15) is 0 Å². The van der Waals surface area contributed by atoms with Crippen molar-refractivity contribution in [3.63, 3.8) is 0 Å². The van der Waals surface area contributed by atoms with Crippen LogP contribution >= 0.6 is 0 Å². The SMILES string of the molecule is CCC[C@H](c1nnnn1C(C)(C)CC)N(Cc1ccccc1)Cc1cc2cc(C)cc(C)c2[nH]c1=O. The number of nitrogens with one attached hydrogen (secondary N) is 1. The van der Waals surface area contributed by atoms with Crippen LogP contribution in [0.4, 0.5) is 0 Å². The van der Waals surface area contributed by atoms with Crippen molar-refractivity contribution in [1.29, 1.82) is 0 Å². The number of rotatable bonds is 10. The van der Waals surface area contributed by atoms with Crippen LogP contribution in [-0.2, 0) is 18.6 Å². The maximum Gasteiger partial charge on any atom is 0.252 e. The minimum absolute atomic E-state index is 0.0367. The Morgan fingerprint density at radius 3 is 2.50 bits per heavy atom. The summed E-state index contributed by atoms with van der Waals surface area (Å²) in [5.74, 6) is 0.850. The van der Waals surface area contributed by atoms with E-state index < -0.39 is 0 Å². The van der Waals surface area contributed by atoms with Gasteiger partial charge in [0.05, 0.1) is 17.1 Å². The Kier molecular flexibility index (Phi) is 7.69. The van der Waals surface area contributed by atoms with Crippen molar-refractivity contribution in [2.45, 2.75) is 85.5 Å². The summed E-state index contributed by atoms with van der Waals surface area (Å²) >= 11 is 0. The number of fused-ring (bicyclic) bond motifs is 1. The fraction of sp³-hybridized carbons (Fsp3) is 0.448. The molecule has 0 amide bonds. The van der Waals surface area contributed by atoms with E-state index in [-0.39, 0.29) is 17.1 Å². The fourth-order valence-electron chi connectivity index (χ4n) is 4.89. The third-order valence-electron chi connectivity index (χ3n) is 7.21. The van der Waals surface area contributed by atoms with Gasteiger partial charge in [0.15, 0.2) is 5.82 Å². The molecule has 7 nitrogen and oxygen atoms in total. The molecule has 0 radical (unpaired) electrons. The highest BCUT2D eigenvalue weighted by atomic mass is 16.1. The molecule has 0 aliphatic carbocycles. The second-order valence-corrected chi connectivity index (χ2v) is 10.5. The number of nitrogens with zero attached hydrogens (tertiary/aromatic N) is 5. The highest BCUT2D eigenvalue weighted by Gasteiger charge is 2.31. The van der Waals surface area contributed by atoms with Gasteiger partial charge in [-0.1, -0.05) is 62.2 Å². The minimum atomic E-state index is -0.210. The number of aromatic nitrogens is 5. The molecule has 1 N–H and O–H groups in total. The van der Waals surface area contributed by atoms with Gasteiger partial charge in [-0.25, -0.2) is 4.68 Å². The van der Waals surface area contributed by atoms with Crippen LogP contribution in [0, 0.1) is 13.8 Å². The van der Waals surface area contributed by atoms with Gasteiger partial charge in [-0.15, -0.1) is 5.10 Å². The molecule has 4 aromatic rings. The van der Waals surface area contributed by atoms with Crippen molar-refractivity contribution in [1.82, 2.24) is 30.1 Å². The first kappa shape index (κ1) is 25.8. The summed E-state index contributed by atoms with van der Waals surface area (Å²) in [7, 11) is 0. The van der Waals surface area contributed by atoms with Gasteiger partial charge in [0.2, 0.25) is 0 Å². The second kappa shape index (κ2) is 10.7. The van der Waals surface area contributed by atoms with Gasteiger partial charge in [0, 0.05) is 18.7 Å². The monoisotopic (exact) mass is 486 g/mol.